The fourth-order valence-electron chi connectivity index (χ4n) is 2.96. The minimum atomic E-state index is 0. The van der Waals surface area contributed by atoms with Crippen molar-refractivity contribution in [1.82, 2.24) is 5.32 Å². The third kappa shape index (κ3) is 7.10. The van der Waals surface area contributed by atoms with Gasteiger partial charge in [-0.3, -0.25) is 4.79 Å². The molecule has 1 aromatic carbocycles. The maximum absolute atomic E-state index is 12.3. The summed E-state index contributed by atoms with van der Waals surface area (Å²) in [6.07, 6.45) is 3.01. The Morgan fingerprint density at radius 1 is 1.38 bits per heavy atom. The van der Waals surface area contributed by atoms with E-state index in [0.29, 0.717) is 30.8 Å². The largest absolute Gasteiger partial charge is 0.493 e. The molecule has 2 unspecified atom stereocenters. The Morgan fingerprint density at radius 2 is 2.17 bits per heavy atom. The normalized spacial score (nSPS) is 18.6. The van der Waals surface area contributed by atoms with Crippen molar-refractivity contribution < 1.29 is 9.53 Å². The number of carbonyl (C=O) groups excluding carboxylic acids is 1. The van der Waals surface area contributed by atoms with Gasteiger partial charge in [0.15, 0.2) is 0 Å². The van der Waals surface area contributed by atoms with E-state index < -0.39 is 0 Å². The zero-order valence-corrected chi connectivity index (χ0v) is 15.8. The van der Waals surface area contributed by atoms with E-state index in [1.54, 1.807) is 0 Å². The van der Waals surface area contributed by atoms with Crippen molar-refractivity contribution in [2.75, 3.05) is 25.0 Å². The summed E-state index contributed by atoms with van der Waals surface area (Å²) in [6.45, 7) is 9.24. The van der Waals surface area contributed by atoms with Crippen molar-refractivity contribution in [3.05, 3.63) is 24.3 Å². The molecule has 0 aliphatic carbocycles. The van der Waals surface area contributed by atoms with Crippen LogP contribution in [0.3, 0.4) is 0 Å². The van der Waals surface area contributed by atoms with Gasteiger partial charge in [-0.15, -0.1) is 12.4 Å². The van der Waals surface area contributed by atoms with Crippen molar-refractivity contribution in [1.29, 1.82) is 0 Å². The van der Waals surface area contributed by atoms with E-state index in [2.05, 4.69) is 31.4 Å². The summed E-state index contributed by atoms with van der Waals surface area (Å²) in [4.78, 5) is 12.3. The van der Waals surface area contributed by atoms with Gasteiger partial charge in [-0.25, -0.2) is 0 Å². The topological polar surface area (TPSA) is 50.4 Å². The fraction of sp³-hybridized carbons (Fsp3) is 0.632. The lowest BCUT2D eigenvalue weighted by molar-refractivity contribution is -0.117. The smallest absolute Gasteiger partial charge is 0.224 e. The van der Waals surface area contributed by atoms with Crippen molar-refractivity contribution in [3.63, 3.8) is 0 Å². The number of rotatable bonds is 7. The maximum Gasteiger partial charge on any atom is 0.224 e. The predicted molar refractivity (Wildman–Crippen MR) is 102 cm³/mol. The van der Waals surface area contributed by atoms with Crippen molar-refractivity contribution in [2.45, 2.75) is 40.0 Å². The molecule has 136 valence electrons. The number of amides is 1. The minimum Gasteiger partial charge on any atom is -0.493 e. The zero-order chi connectivity index (χ0) is 16.7. The van der Waals surface area contributed by atoms with Gasteiger partial charge >= 0.3 is 0 Å². The molecule has 24 heavy (non-hydrogen) atoms. The molecule has 2 N–H and O–H groups in total. The average molecular weight is 355 g/mol. The molecule has 2 rings (SSSR count). The fourth-order valence-corrected chi connectivity index (χ4v) is 2.96. The molecular formula is C19H31ClN2O2. The molecule has 5 heteroatoms. The number of piperidine rings is 1. The number of hydrogen-bond donors (Lipinski definition) is 2. The summed E-state index contributed by atoms with van der Waals surface area (Å²) in [6, 6.07) is 7.65. The van der Waals surface area contributed by atoms with E-state index in [9.17, 15) is 4.79 Å². The van der Waals surface area contributed by atoms with Crippen LogP contribution in [0.15, 0.2) is 24.3 Å². The molecule has 1 aliphatic rings. The molecule has 0 radical (unpaired) electrons. The van der Waals surface area contributed by atoms with Gasteiger partial charge in [-0.2, -0.15) is 0 Å². The van der Waals surface area contributed by atoms with Crippen molar-refractivity contribution >= 4 is 24.0 Å². The number of halogens is 1. The molecule has 2 atom stereocenters. The lowest BCUT2D eigenvalue weighted by Gasteiger charge is -2.28. The molecule has 1 aromatic rings. The van der Waals surface area contributed by atoms with Crippen molar-refractivity contribution in [2.24, 2.45) is 17.8 Å². The third-order valence-electron chi connectivity index (χ3n) is 4.35. The molecule has 4 nitrogen and oxygen atoms in total. The van der Waals surface area contributed by atoms with Crippen LogP contribution in [0.25, 0.3) is 0 Å². The van der Waals surface area contributed by atoms with E-state index in [0.717, 1.165) is 24.5 Å². The van der Waals surface area contributed by atoms with Crippen LogP contribution in [-0.2, 0) is 4.79 Å². The minimum absolute atomic E-state index is 0. The molecule has 1 aliphatic heterocycles. The monoisotopic (exact) mass is 354 g/mol. The van der Waals surface area contributed by atoms with Gasteiger partial charge in [0, 0.05) is 18.2 Å². The standard InChI is InChI=1S/C19H30N2O2.ClH/c1-14(2)13-23-18-8-4-7-17(11-18)21-19(22)10-15(3)16-6-5-9-20-12-16;/h4,7-8,11,14-16,20H,5-6,9-10,12-13H2,1-3H3,(H,21,22);1H. The van der Waals surface area contributed by atoms with Crippen LogP contribution in [0.1, 0.15) is 40.0 Å². The first-order valence-electron chi connectivity index (χ1n) is 8.78. The number of nitrogens with one attached hydrogen (secondary N) is 2. The number of hydrogen-bond acceptors (Lipinski definition) is 3. The summed E-state index contributed by atoms with van der Waals surface area (Å²) >= 11 is 0. The number of benzene rings is 1. The molecule has 0 aromatic heterocycles. The summed E-state index contributed by atoms with van der Waals surface area (Å²) in [7, 11) is 0. The molecular weight excluding hydrogens is 324 g/mol. The van der Waals surface area contributed by atoms with Crippen LogP contribution < -0.4 is 15.4 Å². The summed E-state index contributed by atoms with van der Waals surface area (Å²) in [5.74, 6) is 2.39. The van der Waals surface area contributed by atoms with Crippen LogP contribution in [0.5, 0.6) is 5.75 Å². The molecule has 1 amide bonds. The van der Waals surface area contributed by atoms with Gasteiger partial charge < -0.3 is 15.4 Å². The Morgan fingerprint density at radius 3 is 2.83 bits per heavy atom. The predicted octanol–water partition coefficient (Wildman–Crippen LogP) is 4.11. The number of carbonyl (C=O) groups is 1. The Bertz CT molecular complexity index is 502. The third-order valence-corrected chi connectivity index (χ3v) is 4.35. The second-order valence-corrected chi connectivity index (χ2v) is 7.07. The lowest BCUT2D eigenvalue weighted by atomic mass is 9.85. The van der Waals surface area contributed by atoms with Gasteiger partial charge in [0.1, 0.15) is 5.75 Å². The van der Waals surface area contributed by atoms with E-state index in [1.165, 1.54) is 12.8 Å². The zero-order valence-electron chi connectivity index (χ0n) is 15.0. The summed E-state index contributed by atoms with van der Waals surface area (Å²) in [5.41, 5.74) is 0.810. The molecule has 0 bridgehead atoms. The van der Waals surface area contributed by atoms with E-state index in [4.69, 9.17) is 4.74 Å². The van der Waals surface area contributed by atoms with Crippen molar-refractivity contribution in [3.8, 4) is 5.75 Å². The molecule has 0 saturated carbocycles. The lowest BCUT2D eigenvalue weighted by Crippen LogP contribution is -2.34. The van der Waals surface area contributed by atoms with Gasteiger partial charge in [0.25, 0.3) is 0 Å². The first-order valence-corrected chi connectivity index (χ1v) is 8.78. The highest BCUT2D eigenvalue weighted by Crippen LogP contribution is 2.24. The first kappa shape index (κ1) is 20.8. The van der Waals surface area contributed by atoms with Crippen LogP contribution in [-0.4, -0.2) is 25.6 Å². The summed E-state index contributed by atoms with van der Waals surface area (Å²) < 4.78 is 5.71. The highest BCUT2D eigenvalue weighted by atomic mass is 35.5. The molecule has 1 saturated heterocycles. The first-order chi connectivity index (χ1) is 11.0. The van der Waals surface area contributed by atoms with Gasteiger partial charge in [0.2, 0.25) is 5.91 Å². The van der Waals surface area contributed by atoms with E-state index in [-0.39, 0.29) is 18.3 Å². The van der Waals surface area contributed by atoms with Crippen LogP contribution >= 0.6 is 12.4 Å². The number of ether oxygens (including phenoxy) is 1. The highest BCUT2D eigenvalue weighted by molar-refractivity contribution is 5.91. The molecule has 0 spiro atoms. The Balaban J connectivity index is 0.00000288. The Hall–Kier alpha value is -1.26. The van der Waals surface area contributed by atoms with Crippen LogP contribution in [0, 0.1) is 17.8 Å². The summed E-state index contributed by atoms with van der Waals surface area (Å²) in [5, 5.41) is 6.42. The van der Waals surface area contributed by atoms with Crippen LogP contribution in [0.4, 0.5) is 5.69 Å². The van der Waals surface area contributed by atoms with Gasteiger partial charge in [-0.1, -0.05) is 26.8 Å². The van der Waals surface area contributed by atoms with E-state index >= 15 is 0 Å². The van der Waals surface area contributed by atoms with Crippen LogP contribution in [0.2, 0.25) is 0 Å². The Labute approximate surface area is 152 Å². The second kappa shape index (κ2) is 10.6. The SMILES string of the molecule is CC(C)COc1cccc(NC(=O)CC(C)C2CCCNC2)c1.Cl. The Kier molecular flexibility index (Phi) is 9.16. The van der Waals surface area contributed by atoms with E-state index in [1.807, 2.05) is 24.3 Å². The molecule has 1 fully saturated rings. The maximum atomic E-state index is 12.3. The molecule has 1 heterocycles. The quantitative estimate of drug-likeness (QED) is 0.774. The highest BCUT2D eigenvalue weighted by Gasteiger charge is 2.22. The average Bonchev–Trinajstić information content (AvgIpc) is 2.54. The van der Waals surface area contributed by atoms with Gasteiger partial charge in [0.05, 0.1) is 6.61 Å². The number of anilines is 1. The van der Waals surface area contributed by atoms with Gasteiger partial charge in [-0.05, 0) is 55.8 Å². The second-order valence-electron chi connectivity index (χ2n) is 7.07.